The summed E-state index contributed by atoms with van der Waals surface area (Å²) in [5.41, 5.74) is 2.19. The van der Waals surface area contributed by atoms with E-state index in [1.807, 2.05) is 11.6 Å². The van der Waals surface area contributed by atoms with Gasteiger partial charge in [-0.3, -0.25) is 24.0 Å². The summed E-state index contributed by atoms with van der Waals surface area (Å²) in [4.78, 5) is 38.4. The fraction of sp³-hybridized carbons (Fsp3) is 0.647. The summed E-state index contributed by atoms with van der Waals surface area (Å²) < 4.78 is 2.04. The summed E-state index contributed by atoms with van der Waals surface area (Å²) in [7, 11) is 0. The summed E-state index contributed by atoms with van der Waals surface area (Å²) in [6, 6.07) is 2.07. The third-order valence-corrected chi connectivity index (χ3v) is 4.95. The van der Waals surface area contributed by atoms with E-state index in [-0.39, 0.29) is 37.1 Å². The summed E-state index contributed by atoms with van der Waals surface area (Å²) in [5, 5.41) is 4.50. The number of hydrogen-bond acceptors (Lipinski definition) is 4. The van der Waals surface area contributed by atoms with Crippen LogP contribution in [-0.2, 0) is 20.9 Å². The smallest absolute Gasteiger partial charge is 0.242 e. The minimum atomic E-state index is -0.229. The van der Waals surface area contributed by atoms with Crippen molar-refractivity contribution >= 4 is 17.7 Å². The van der Waals surface area contributed by atoms with E-state index in [9.17, 15) is 14.4 Å². The summed E-state index contributed by atoms with van der Waals surface area (Å²) in [5.74, 6) is -0.0780. The number of likely N-dealkylation sites (tertiary alicyclic amines) is 2. The van der Waals surface area contributed by atoms with Crippen molar-refractivity contribution < 1.29 is 14.4 Å². The molecule has 0 N–H and O–H groups in total. The Hall–Kier alpha value is -2.18. The quantitative estimate of drug-likeness (QED) is 0.767. The molecule has 3 heterocycles. The standard InChI is InChI=1S/C17H24N4O3/c1-12-9-13(2)21(18-12)10-14-5-7-19(8-6-14)17(24)11-20-15(22)3-4-16(20)23/h9,14H,3-8,10-11H2,1-2H3. The molecule has 2 aliphatic heterocycles. The third-order valence-electron chi connectivity index (χ3n) is 4.95. The molecule has 3 rings (SSSR count). The van der Waals surface area contributed by atoms with Gasteiger partial charge in [0, 0.05) is 38.2 Å². The first kappa shape index (κ1) is 16.7. The Kier molecular flexibility index (Phi) is 4.69. The van der Waals surface area contributed by atoms with Crippen molar-refractivity contribution in [2.24, 2.45) is 5.92 Å². The molecule has 2 aliphatic rings. The van der Waals surface area contributed by atoms with E-state index < -0.39 is 0 Å². The SMILES string of the molecule is Cc1cc(C)n(CC2CCN(C(=O)CN3C(=O)CCC3=O)CC2)n1. The van der Waals surface area contributed by atoms with E-state index in [1.165, 1.54) is 0 Å². The van der Waals surface area contributed by atoms with Crippen LogP contribution in [0.15, 0.2) is 6.07 Å². The van der Waals surface area contributed by atoms with Crippen molar-refractivity contribution in [1.29, 1.82) is 0 Å². The molecular weight excluding hydrogens is 308 g/mol. The normalized spacial score (nSPS) is 19.4. The van der Waals surface area contributed by atoms with Crippen molar-refractivity contribution in [3.8, 4) is 0 Å². The molecule has 0 atom stereocenters. The second-order valence-electron chi connectivity index (χ2n) is 6.81. The lowest BCUT2D eigenvalue weighted by Crippen LogP contribution is -2.45. The van der Waals surface area contributed by atoms with Crippen LogP contribution >= 0.6 is 0 Å². The number of nitrogens with zero attached hydrogens (tertiary/aromatic N) is 4. The molecule has 1 aromatic rings. The summed E-state index contributed by atoms with van der Waals surface area (Å²) in [6.45, 7) is 6.19. The number of carbonyl (C=O) groups is 3. The van der Waals surface area contributed by atoms with Crippen LogP contribution in [0.4, 0.5) is 0 Å². The highest BCUT2D eigenvalue weighted by Crippen LogP contribution is 2.21. The molecule has 0 bridgehead atoms. The molecule has 2 fully saturated rings. The van der Waals surface area contributed by atoms with E-state index in [4.69, 9.17) is 0 Å². The number of aromatic nitrogens is 2. The van der Waals surface area contributed by atoms with Gasteiger partial charge in [-0.2, -0.15) is 5.10 Å². The van der Waals surface area contributed by atoms with Gasteiger partial charge in [0.2, 0.25) is 17.7 Å². The Morgan fingerprint density at radius 3 is 2.33 bits per heavy atom. The van der Waals surface area contributed by atoms with Gasteiger partial charge in [-0.1, -0.05) is 0 Å². The van der Waals surface area contributed by atoms with Crippen molar-refractivity contribution in [3.63, 3.8) is 0 Å². The van der Waals surface area contributed by atoms with Gasteiger partial charge in [0.15, 0.2) is 0 Å². The lowest BCUT2D eigenvalue weighted by Gasteiger charge is -2.33. The molecule has 0 unspecified atom stereocenters. The predicted octanol–water partition coefficient (Wildman–Crippen LogP) is 0.888. The number of piperidine rings is 1. The third kappa shape index (κ3) is 3.49. The minimum absolute atomic E-state index is 0.0974. The maximum absolute atomic E-state index is 12.3. The van der Waals surface area contributed by atoms with Gasteiger partial charge in [-0.15, -0.1) is 0 Å². The fourth-order valence-corrected chi connectivity index (χ4v) is 3.50. The van der Waals surface area contributed by atoms with E-state index in [0.717, 1.165) is 35.7 Å². The minimum Gasteiger partial charge on any atom is -0.341 e. The Morgan fingerprint density at radius 1 is 1.17 bits per heavy atom. The van der Waals surface area contributed by atoms with Crippen molar-refractivity contribution in [2.45, 2.75) is 46.1 Å². The van der Waals surface area contributed by atoms with Gasteiger partial charge in [0.1, 0.15) is 6.54 Å². The molecule has 130 valence electrons. The number of imide groups is 1. The van der Waals surface area contributed by atoms with Gasteiger partial charge >= 0.3 is 0 Å². The van der Waals surface area contributed by atoms with Gasteiger partial charge in [-0.05, 0) is 38.7 Å². The molecule has 7 heteroatoms. The molecule has 7 nitrogen and oxygen atoms in total. The second kappa shape index (κ2) is 6.75. The number of amides is 3. The summed E-state index contributed by atoms with van der Waals surface area (Å²) in [6.07, 6.45) is 2.31. The van der Waals surface area contributed by atoms with Crippen molar-refractivity contribution in [1.82, 2.24) is 19.6 Å². The van der Waals surface area contributed by atoms with Crippen molar-refractivity contribution in [2.75, 3.05) is 19.6 Å². The molecule has 0 aliphatic carbocycles. The van der Waals surface area contributed by atoms with Crippen LogP contribution in [0.2, 0.25) is 0 Å². The Bertz CT molecular complexity index is 643. The first-order chi connectivity index (χ1) is 11.4. The molecule has 24 heavy (non-hydrogen) atoms. The average molecular weight is 332 g/mol. The van der Waals surface area contributed by atoms with Crippen LogP contribution in [-0.4, -0.2) is 56.9 Å². The maximum atomic E-state index is 12.3. The topological polar surface area (TPSA) is 75.5 Å². The van der Waals surface area contributed by atoms with Gasteiger partial charge in [0.05, 0.1) is 5.69 Å². The molecule has 3 amide bonds. The number of rotatable bonds is 4. The van der Waals surface area contributed by atoms with E-state index >= 15 is 0 Å². The Morgan fingerprint density at radius 2 is 1.79 bits per heavy atom. The Balaban J connectivity index is 1.49. The van der Waals surface area contributed by atoms with Crippen molar-refractivity contribution in [3.05, 3.63) is 17.5 Å². The van der Waals surface area contributed by atoms with E-state index in [1.54, 1.807) is 4.90 Å². The molecule has 0 saturated carbocycles. The lowest BCUT2D eigenvalue weighted by molar-refractivity contribution is -0.146. The number of carbonyl (C=O) groups excluding carboxylic acids is 3. The van der Waals surface area contributed by atoms with Gasteiger partial charge in [0.25, 0.3) is 0 Å². The monoisotopic (exact) mass is 332 g/mol. The second-order valence-corrected chi connectivity index (χ2v) is 6.81. The fourth-order valence-electron chi connectivity index (χ4n) is 3.50. The molecule has 0 radical (unpaired) electrons. The maximum Gasteiger partial charge on any atom is 0.242 e. The summed E-state index contributed by atoms with van der Waals surface area (Å²) >= 11 is 0. The van der Waals surface area contributed by atoms with Gasteiger partial charge < -0.3 is 4.90 Å². The molecule has 2 saturated heterocycles. The van der Waals surface area contributed by atoms with Crippen LogP contribution in [0.25, 0.3) is 0 Å². The zero-order chi connectivity index (χ0) is 17.3. The highest BCUT2D eigenvalue weighted by Gasteiger charge is 2.32. The van der Waals surface area contributed by atoms with Crippen LogP contribution in [0.5, 0.6) is 0 Å². The molecule has 1 aromatic heterocycles. The first-order valence-corrected chi connectivity index (χ1v) is 8.56. The number of hydrogen-bond donors (Lipinski definition) is 0. The predicted molar refractivity (Wildman–Crippen MR) is 87.0 cm³/mol. The molecule has 0 aromatic carbocycles. The molecule has 0 spiro atoms. The average Bonchev–Trinajstić information content (AvgIpc) is 3.03. The van der Waals surface area contributed by atoms with Crippen LogP contribution < -0.4 is 0 Å². The molecular formula is C17H24N4O3. The van der Waals surface area contributed by atoms with Crippen LogP contribution in [0.1, 0.15) is 37.1 Å². The van der Waals surface area contributed by atoms with E-state index in [2.05, 4.69) is 18.1 Å². The van der Waals surface area contributed by atoms with Crippen LogP contribution in [0, 0.1) is 19.8 Å². The van der Waals surface area contributed by atoms with Crippen LogP contribution in [0.3, 0.4) is 0 Å². The Labute approximate surface area is 141 Å². The highest BCUT2D eigenvalue weighted by atomic mass is 16.2. The van der Waals surface area contributed by atoms with Gasteiger partial charge in [-0.25, -0.2) is 0 Å². The highest BCUT2D eigenvalue weighted by molar-refractivity contribution is 6.04. The lowest BCUT2D eigenvalue weighted by atomic mass is 9.96. The zero-order valence-corrected chi connectivity index (χ0v) is 14.3. The number of aryl methyl sites for hydroxylation is 2. The first-order valence-electron chi connectivity index (χ1n) is 8.56. The largest absolute Gasteiger partial charge is 0.341 e. The zero-order valence-electron chi connectivity index (χ0n) is 14.3. The van der Waals surface area contributed by atoms with E-state index in [0.29, 0.717) is 19.0 Å².